The van der Waals surface area contributed by atoms with E-state index in [1.165, 1.54) is 6.07 Å². The van der Waals surface area contributed by atoms with E-state index in [2.05, 4.69) is 49.1 Å². The van der Waals surface area contributed by atoms with Gasteiger partial charge in [-0.05, 0) is 54.4 Å². The lowest BCUT2D eigenvalue weighted by Crippen LogP contribution is -2.38. The summed E-state index contributed by atoms with van der Waals surface area (Å²) in [4.78, 5) is 0. The first kappa shape index (κ1) is 17.6. The van der Waals surface area contributed by atoms with Crippen LogP contribution in [-0.4, -0.2) is 6.04 Å². The Balaban J connectivity index is 2.63. The van der Waals surface area contributed by atoms with E-state index in [4.69, 9.17) is 5.84 Å². The van der Waals surface area contributed by atoms with E-state index in [9.17, 15) is 4.39 Å². The molecule has 2 atom stereocenters. The van der Waals surface area contributed by atoms with Gasteiger partial charge >= 0.3 is 0 Å². The van der Waals surface area contributed by atoms with Crippen molar-refractivity contribution in [2.45, 2.75) is 53.0 Å². The van der Waals surface area contributed by atoms with E-state index in [0.717, 1.165) is 29.3 Å². The molecule has 0 saturated heterocycles. The van der Waals surface area contributed by atoms with Gasteiger partial charge in [0.2, 0.25) is 0 Å². The molecule has 1 rings (SSSR count). The molecular weight excluding hydrogens is 319 g/mol. The van der Waals surface area contributed by atoms with Crippen LogP contribution in [0, 0.1) is 17.2 Å². The fourth-order valence-electron chi connectivity index (χ4n) is 2.84. The maximum atomic E-state index is 13.4. The number of hydrogen-bond acceptors (Lipinski definition) is 2. The molecule has 4 heteroatoms. The minimum atomic E-state index is -0.215. The van der Waals surface area contributed by atoms with Crippen molar-refractivity contribution in [1.82, 2.24) is 5.43 Å². The van der Waals surface area contributed by atoms with Crippen molar-refractivity contribution in [2.75, 3.05) is 0 Å². The quantitative estimate of drug-likeness (QED) is 0.591. The van der Waals surface area contributed by atoms with Gasteiger partial charge in [-0.15, -0.1) is 0 Å². The number of hydrogen-bond donors (Lipinski definition) is 2. The van der Waals surface area contributed by atoms with Gasteiger partial charge in [0.1, 0.15) is 5.82 Å². The highest BCUT2D eigenvalue weighted by Crippen LogP contribution is 2.27. The molecule has 3 N–H and O–H groups in total. The monoisotopic (exact) mass is 344 g/mol. The average molecular weight is 345 g/mol. The number of nitrogens with two attached hydrogens (primary N) is 1. The number of benzene rings is 1. The zero-order valence-electron chi connectivity index (χ0n) is 12.8. The molecule has 114 valence electrons. The molecule has 2 nitrogen and oxygen atoms in total. The SMILES string of the molecule is CC(CC(Cc1cc(F)cc(Br)c1)NN)CC(C)(C)C. The van der Waals surface area contributed by atoms with Crippen molar-refractivity contribution >= 4 is 15.9 Å². The maximum Gasteiger partial charge on any atom is 0.124 e. The van der Waals surface area contributed by atoms with Gasteiger partial charge in [-0.25, -0.2) is 4.39 Å². The van der Waals surface area contributed by atoms with Crippen LogP contribution < -0.4 is 11.3 Å². The van der Waals surface area contributed by atoms with Crippen molar-refractivity contribution in [2.24, 2.45) is 17.2 Å². The summed E-state index contributed by atoms with van der Waals surface area (Å²) in [6.07, 6.45) is 2.88. The molecule has 0 aliphatic heterocycles. The predicted octanol–water partition coefficient (Wildman–Crippen LogP) is 4.43. The summed E-state index contributed by atoms with van der Waals surface area (Å²) in [5.41, 5.74) is 4.15. The third kappa shape index (κ3) is 6.82. The molecule has 0 fully saturated rings. The molecule has 1 aromatic rings. The van der Waals surface area contributed by atoms with E-state index < -0.39 is 0 Å². The van der Waals surface area contributed by atoms with E-state index in [0.29, 0.717) is 11.3 Å². The summed E-state index contributed by atoms with van der Waals surface area (Å²) in [5.74, 6) is 6.02. The van der Waals surface area contributed by atoms with Crippen LogP contribution in [-0.2, 0) is 6.42 Å². The smallest absolute Gasteiger partial charge is 0.124 e. The molecule has 0 saturated carbocycles. The molecular formula is C16H26BrFN2. The highest BCUT2D eigenvalue weighted by Gasteiger charge is 2.19. The molecule has 0 spiro atoms. The van der Waals surface area contributed by atoms with E-state index >= 15 is 0 Å². The Morgan fingerprint density at radius 1 is 1.30 bits per heavy atom. The lowest BCUT2D eigenvalue weighted by Gasteiger charge is -2.26. The second-order valence-corrected chi connectivity index (χ2v) is 7.87. The van der Waals surface area contributed by atoms with Crippen LogP contribution >= 0.6 is 15.9 Å². The van der Waals surface area contributed by atoms with Crippen molar-refractivity contribution < 1.29 is 4.39 Å². The summed E-state index contributed by atoms with van der Waals surface area (Å²) >= 11 is 3.32. The predicted molar refractivity (Wildman–Crippen MR) is 86.8 cm³/mol. The first-order chi connectivity index (χ1) is 9.19. The van der Waals surface area contributed by atoms with Crippen LogP contribution in [0.15, 0.2) is 22.7 Å². The highest BCUT2D eigenvalue weighted by molar-refractivity contribution is 9.10. The normalized spacial score (nSPS) is 15.2. The minimum Gasteiger partial charge on any atom is -0.271 e. The molecule has 0 aliphatic rings. The molecule has 0 aromatic heterocycles. The molecule has 0 amide bonds. The Morgan fingerprint density at radius 2 is 1.95 bits per heavy atom. The maximum absolute atomic E-state index is 13.4. The lowest BCUT2D eigenvalue weighted by molar-refractivity contribution is 0.274. The number of hydrazine groups is 1. The topological polar surface area (TPSA) is 38.0 Å². The summed E-state index contributed by atoms with van der Waals surface area (Å²) in [6, 6.07) is 5.16. The summed E-state index contributed by atoms with van der Waals surface area (Å²) < 4.78 is 14.2. The highest BCUT2D eigenvalue weighted by atomic mass is 79.9. The zero-order valence-corrected chi connectivity index (χ0v) is 14.4. The Hall–Kier alpha value is -0.450. The van der Waals surface area contributed by atoms with Gasteiger partial charge < -0.3 is 0 Å². The van der Waals surface area contributed by atoms with Crippen molar-refractivity contribution in [3.8, 4) is 0 Å². The molecule has 0 heterocycles. The Morgan fingerprint density at radius 3 is 2.45 bits per heavy atom. The Labute approximate surface area is 130 Å². The van der Waals surface area contributed by atoms with Gasteiger partial charge in [-0.1, -0.05) is 43.6 Å². The van der Waals surface area contributed by atoms with E-state index in [1.54, 1.807) is 6.07 Å². The first-order valence-electron chi connectivity index (χ1n) is 7.10. The van der Waals surface area contributed by atoms with Crippen LogP contribution in [0.2, 0.25) is 0 Å². The molecule has 1 aromatic carbocycles. The van der Waals surface area contributed by atoms with Gasteiger partial charge in [0.15, 0.2) is 0 Å². The van der Waals surface area contributed by atoms with Crippen LogP contribution in [0.1, 0.15) is 46.1 Å². The Kier molecular flexibility index (Phi) is 6.62. The van der Waals surface area contributed by atoms with Crippen LogP contribution in [0.25, 0.3) is 0 Å². The van der Waals surface area contributed by atoms with Gasteiger partial charge in [-0.2, -0.15) is 0 Å². The van der Waals surface area contributed by atoms with Crippen molar-refractivity contribution in [1.29, 1.82) is 0 Å². The second-order valence-electron chi connectivity index (χ2n) is 6.95. The fourth-order valence-corrected chi connectivity index (χ4v) is 3.35. The summed E-state index contributed by atoms with van der Waals surface area (Å²) in [7, 11) is 0. The molecule has 0 bridgehead atoms. The zero-order chi connectivity index (χ0) is 15.3. The molecule has 20 heavy (non-hydrogen) atoms. The number of halogens is 2. The number of rotatable bonds is 6. The van der Waals surface area contributed by atoms with Crippen LogP contribution in [0.5, 0.6) is 0 Å². The van der Waals surface area contributed by atoms with Crippen LogP contribution in [0.3, 0.4) is 0 Å². The van der Waals surface area contributed by atoms with E-state index in [1.807, 2.05) is 6.07 Å². The molecule has 2 unspecified atom stereocenters. The van der Waals surface area contributed by atoms with Gasteiger partial charge in [-0.3, -0.25) is 11.3 Å². The van der Waals surface area contributed by atoms with Crippen molar-refractivity contribution in [3.05, 3.63) is 34.1 Å². The standard InChI is InChI=1S/C16H26BrFN2/c1-11(10-16(2,3)4)5-15(20-19)8-12-6-13(17)9-14(18)7-12/h6-7,9,11,15,20H,5,8,10,19H2,1-4H3. The third-order valence-corrected chi connectivity index (χ3v) is 3.75. The molecule has 0 radical (unpaired) electrons. The molecule has 0 aliphatic carbocycles. The van der Waals surface area contributed by atoms with Crippen LogP contribution in [0.4, 0.5) is 4.39 Å². The van der Waals surface area contributed by atoms with Gasteiger partial charge in [0.25, 0.3) is 0 Å². The van der Waals surface area contributed by atoms with Crippen molar-refractivity contribution in [3.63, 3.8) is 0 Å². The minimum absolute atomic E-state index is 0.168. The Bertz CT molecular complexity index is 409. The fraction of sp³-hybridized carbons (Fsp3) is 0.625. The third-order valence-electron chi connectivity index (χ3n) is 3.29. The van der Waals surface area contributed by atoms with E-state index in [-0.39, 0.29) is 11.9 Å². The second kappa shape index (κ2) is 7.53. The van der Waals surface area contributed by atoms with Gasteiger partial charge in [0.05, 0.1) is 0 Å². The van der Waals surface area contributed by atoms with Gasteiger partial charge in [0, 0.05) is 10.5 Å². The lowest BCUT2D eigenvalue weighted by atomic mass is 9.82. The number of nitrogens with one attached hydrogen (secondary N) is 1. The first-order valence-corrected chi connectivity index (χ1v) is 7.90. The summed E-state index contributed by atoms with van der Waals surface area (Å²) in [5, 5.41) is 0. The summed E-state index contributed by atoms with van der Waals surface area (Å²) in [6.45, 7) is 8.99. The average Bonchev–Trinajstić information content (AvgIpc) is 2.23. The largest absolute Gasteiger partial charge is 0.271 e.